The van der Waals surface area contributed by atoms with Crippen LogP contribution in [0.3, 0.4) is 0 Å². The lowest BCUT2D eigenvalue weighted by Gasteiger charge is -2.10. The summed E-state index contributed by atoms with van der Waals surface area (Å²) < 4.78 is 20.1. The number of rotatable bonds is 4. The van der Waals surface area contributed by atoms with E-state index in [1.165, 1.54) is 6.07 Å². The van der Waals surface area contributed by atoms with Gasteiger partial charge in [-0.1, -0.05) is 18.2 Å². The summed E-state index contributed by atoms with van der Waals surface area (Å²) in [6.07, 6.45) is 1.65. The predicted octanol–water partition coefficient (Wildman–Crippen LogP) is 2.43. The second-order valence-electron chi connectivity index (χ2n) is 4.06. The molecule has 2 aromatic rings. The number of carbonyl (C=O) groups excluding carboxylic acids is 1. The van der Waals surface area contributed by atoms with Crippen molar-refractivity contribution >= 4 is 11.7 Å². The smallest absolute Gasteiger partial charge is 0.357 e. The van der Waals surface area contributed by atoms with Crippen LogP contribution in [0.4, 0.5) is 10.1 Å². The topological polar surface area (TPSA) is 57.2 Å². The van der Waals surface area contributed by atoms with Gasteiger partial charge in [-0.25, -0.2) is 9.18 Å². The zero-order valence-corrected chi connectivity index (χ0v) is 10.6. The third-order valence-corrected chi connectivity index (χ3v) is 2.76. The normalized spacial score (nSPS) is 10.4. The van der Waals surface area contributed by atoms with Gasteiger partial charge < -0.3 is 15.0 Å². The van der Waals surface area contributed by atoms with E-state index in [-0.39, 0.29) is 24.7 Å². The van der Waals surface area contributed by atoms with E-state index < -0.39 is 5.97 Å². The molecule has 0 fully saturated rings. The van der Waals surface area contributed by atoms with Gasteiger partial charge in [0.2, 0.25) is 0 Å². The molecule has 1 aromatic carbocycles. The Bertz CT molecular complexity index is 593. The molecule has 0 spiro atoms. The first kappa shape index (κ1) is 13.1. The number of ether oxygens (including phenoxy) is 1. The second-order valence-corrected chi connectivity index (χ2v) is 4.06. The number of halogens is 1. The molecular formula is C14H15FN2O2. The molecule has 4 nitrogen and oxygen atoms in total. The van der Waals surface area contributed by atoms with Crippen molar-refractivity contribution in [1.29, 1.82) is 0 Å². The molecule has 0 aliphatic rings. The van der Waals surface area contributed by atoms with Gasteiger partial charge in [0.25, 0.3) is 0 Å². The van der Waals surface area contributed by atoms with Gasteiger partial charge in [-0.2, -0.15) is 0 Å². The fraction of sp³-hybridized carbons (Fsp3) is 0.214. The Morgan fingerprint density at radius 3 is 2.79 bits per heavy atom. The van der Waals surface area contributed by atoms with Crippen LogP contribution in [0.5, 0.6) is 0 Å². The van der Waals surface area contributed by atoms with E-state index in [2.05, 4.69) is 0 Å². The summed E-state index contributed by atoms with van der Waals surface area (Å²) in [7, 11) is 0. The van der Waals surface area contributed by atoms with Crippen molar-refractivity contribution in [2.24, 2.45) is 0 Å². The van der Waals surface area contributed by atoms with Crippen molar-refractivity contribution in [2.45, 2.75) is 13.5 Å². The fourth-order valence-corrected chi connectivity index (χ4v) is 1.87. The Labute approximate surface area is 110 Å². The number of anilines is 1. The van der Waals surface area contributed by atoms with E-state index in [0.29, 0.717) is 11.3 Å². The highest BCUT2D eigenvalue weighted by atomic mass is 19.1. The quantitative estimate of drug-likeness (QED) is 0.861. The first-order chi connectivity index (χ1) is 9.13. The number of hydrogen-bond donors (Lipinski definition) is 1. The molecule has 1 aromatic heterocycles. The van der Waals surface area contributed by atoms with Gasteiger partial charge in [0, 0.05) is 11.8 Å². The highest BCUT2D eigenvalue weighted by Crippen LogP contribution is 2.18. The average molecular weight is 262 g/mol. The van der Waals surface area contributed by atoms with Crippen molar-refractivity contribution in [1.82, 2.24) is 4.57 Å². The molecule has 0 radical (unpaired) electrons. The summed E-state index contributed by atoms with van der Waals surface area (Å²) in [6.45, 7) is 2.22. The molecule has 0 atom stereocenters. The summed E-state index contributed by atoms with van der Waals surface area (Å²) in [6, 6.07) is 8.02. The molecule has 5 heteroatoms. The second kappa shape index (κ2) is 5.56. The lowest BCUT2D eigenvalue weighted by atomic mass is 10.2. The van der Waals surface area contributed by atoms with Gasteiger partial charge in [-0.05, 0) is 19.1 Å². The Hall–Kier alpha value is -2.30. The fourth-order valence-electron chi connectivity index (χ4n) is 1.87. The minimum atomic E-state index is -0.499. The summed E-state index contributed by atoms with van der Waals surface area (Å²) in [5.41, 5.74) is 6.82. The van der Waals surface area contributed by atoms with Gasteiger partial charge in [-0.3, -0.25) is 0 Å². The molecule has 100 valence electrons. The van der Waals surface area contributed by atoms with Crippen molar-refractivity contribution in [3.63, 3.8) is 0 Å². The van der Waals surface area contributed by atoms with Gasteiger partial charge in [-0.15, -0.1) is 0 Å². The SMILES string of the molecule is CCOC(=O)c1c(N)ccn1Cc1ccccc1F. The number of nitrogens with zero attached hydrogens (tertiary/aromatic N) is 1. The Balaban J connectivity index is 2.31. The highest BCUT2D eigenvalue weighted by molar-refractivity contribution is 5.93. The van der Waals surface area contributed by atoms with Crippen LogP contribution in [0.15, 0.2) is 36.5 Å². The standard InChI is InChI=1S/C14H15FN2O2/c1-2-19-14(18)13-12(16)7-8-17(13)9-10-5-3-4-6-11(10)15/h3-8H,2,9,16H2,1H3. The molecule has 0 unspecified atom stereocenters. The lowest BCUT2D eigenvalue weighted by molar-refractivity contribution is 0.0515. The molecular weight excluding hydrogens is 247 g/mol. The summed E-state index contributed by atoms with van der Waals surface area (Å²) in [5.74, 6) is -0.814. The largest absolute Gasteiger partial charge is 0.461 e. The van der Waals surface area contributed by atoms with Crippen molar-refractivity contribution in [2.75, 3.05) is 12.3 Å². The molecule has 0 bridgehead atoms. The van der Waals surface area contributed by atoms with E-state index in [1.54, 1.807) is 42.0 Å². The number of esters is 1. The summed E-state index contributed by atoms with van der Waals surface area (Å²) in [4.78, 5) is 11.8. The number of benzene rings is 1. The van der Waals surface area contributed by atoms with Crippen LogP contribution in [-0.4, -0.2) is 17.1 Å². The lowest BCUT2D eigenvalue weighted by Crippen LogP contribution is -2.14. The molecule has 2 rings (SSSR count). The van der Waals surface area contributed by atoms with Crippen LogP contribution in [0.1, 0.15) is 23.0 Å². The third-order valence-electron chi connectivity index (χ3n) is 2.76. The maximum Gasteiger partial charge on any atom is 0.357 e. The molecule has 19 heavy (non-hydrogen) atoms. The molecule has 0 aliphatic carbocycles. The minimum Gasteiger partial charge on any atom is -0.461 e. The van der Waals surface area contributed by atoms with E-state index >= 15 is 0 Å². The summed E-state index contributed by atoms with van der Waals surface area (Å²) >= 11 is 0. The van der Waals surface area contributed by atoms with Crippen LogP contribution in [0, 0.1) is 5.82 Å². The highest BCUT2D eigenvalue weighted by Gasteiger charge is 2.17. The molecule has 0 amide bonds. The van der Waals surface area contributed by atoms with Gasteiger partial charge in [0.15, 0.2) is 5.69 Å². The number of nitrogen functional groups attached to an aromatic ring is 1. The summed E-state index contributed by atoms with van der Waals surface area (Å²) in [5, 5.41) is 0. The molecule has 1 heterocycles. The first-order valence-electron chi connectivity index (χ1n) is 5.98. The molecule has 0 saturated carbocycles. The minimum absolute atomic E-state index is 0.234. The van der Waals surface area contributed by atoms with Gasteiger partial charge in [0.05, 0.1) is 18.8 Å². The zero-order valence-electron chi connectivity index (χ0n) is 10.6. The van der Waals surface area contributed by atoms with Crippen LogP contribution >= 0.6 is 0 Å². The number of nitrogens with two attached hydrogens (primary N) is 1. The van der Waals surface area contributed by atoms with E-state index in [9.17, 15) is 9.18 Å². The number of carbonyl (C=O) groups is 1. The van der Waals surface area contributed by atoms with Crippen LogP contribution in [0.2, 0.25) is 0 Å². The van der Waals surface area contributed by atoms with E-state index in [0.717, 1.165) is 0 Å². The van der Waals surface area contributed by atoms with Crippen LogP contribution in [0.25, 0.3) is 0 Å². The Morgan fingerprint density at radius 2 is 2.11 bits per heavy atom. The van der Waals surface area contributed by atoms with Gasteiger partial charge in [0.1, 0.15) is 5.82 Å². The van der Waals surface area contributed by atoms with E-state index in [4.69, 9.17) is 10.5 Å². The number of hydrogen-bond acceptors (Lipinski definition) is 3. The van der Waals surface area contributed by atoms with Crippen LogP contribution < -0.4 is 5.73 Å². The van der Waals surface area contributed by atoms with Crippen molar-refractivity contribution in [3.8, 4) is 0 Å². The Kier molecular flexibility index (Phi) is 3.85. The third kappa shape index (κ3) is 2.76. The monoisotopic (exact) mass is 262 g/mol. The Morgan fingerprint density at radius 1 is 1.37 bits per heavy atom. The maximum atomic E-state index is 13.6. The molecule has 2 N–H and O–H groups in total. The predicted molar refractivity (Wildman–Crippen MR) is 70.3 cm³/mol. The van der Waals surface area contributed by atoms with Crippen molar-refractivity contribution in [3.05, 3.63) is 53.6 Å². The van der Waals surface area contributed by atoms with Crippen molar-refractivity contribution < 1.29 is 13.9 Å². The number of aromatic nitrogens is 1. The zero-order chi connectivity index (χ0) is 13.8. The average Bonchev–Trinajstić information content (AvgIpc) is 2.74. The van der Waals surface area contributed by atoms with E-state index in [1.807, 2.05) is 0 Å². The molecule has 0 saturated heterocycles. The maximum absolute atomic E-state index is 13.6. The molecule has 0 aliphatic heterocycles. The van der Waals surface area contributed by atoms with Crippen LogP contribution in [-0.2, 0) is 11.3 Å². The van der Waals surface area contributed by atoms with Gasteiger partial charge >= 0.3 is 5.97 Å². The first-order valence-corrected chi connectivity index (χ1v) is 5.98.